The van der Waals surface area contributed by atoms with Crippen LogP contribution in [0.2, 0.25) is 0 Å². The van der Waals surface area contributed by atoms with Gasteiger partial charge in [0.1, 0.15) is 18.6 Å². The fraction of sp³-hybridized carbons (Fsp3) is 0.0769. The van der Waals surface area contributed by atoms with Gasteiger partial charge in [0.15, 0.2) is 17.3 Å². The minimum atomic E-state index is 0.0522. The van der Waals surface area contributed by atoms with Crippen LogP contribution in [0.3, 0.4) is 0 Å². The number of benzene rings is 1. The van der Waals surface area contributed by atoms with Crippen LogP contribution in [-0.4, -0.2) is 21.7 Å². The number of hydrogen-bond donors (Lipinski definition) is 1. The quantitative estimate of drug-likeness (QED) is 0.889. The Morgan fingerprint density at radius 2 is 1.78 bits per heavy atom. The lowest BCUT2D eigenvalue weighted by atomic mass is 10.2. The van der Waals surface area contributed by atoms with E-state index in [1.807, 2.05) is 24.3 Å². The highest BCUT2D eigenvalue weighted by molar-refractivity contribution is 5.56. The van der Waals surface area contributed by atoms with Gasteiger partial charge < -0.3 is 14.6 Å². The smallest absolute Gasteiger partial charge is 0.176 e. The zero-order valence-corrected chi connectivity index (χ0v) is 9.41. The maximum atomic E-state index is 9.11. The zero-order chi connectivity index (χ0) is 12.4. The van der Waals surface area contributed by atoms with Gasteiger partial charge in [-0.1, -0.05) is 0 Å². The molecule has 0 unspecified atom stereocenters. The number of nitrogens with zero attached hydrogens (tertiary/aromatic N) is 2. The Morgan fingerprint density at radius 3 is 2.39 bits per heavy atom. The summed E-state index contributed by atoms with van der Waals surface area (Å²) in [7, 11) is 0. The van der Waals surface area contributed by atoms with E-state index < -0.39 is 0 Å². The van der Waals surface area contributed by atoms with Crippen molar-refractivity contribution in [1.29, 1.82) is 0 Å². The van der Waals surface area contributed by atoms with E-state index in [0.29, 0.717) is 12.4 Å². The van der Waals surface area contributed by atoms with Gasteiger partial charge in [-0.3, -0.25) is 0 Å². The van der Waals surface area contributed by atoms with E-state index >= 15 is 0 Å². The minimum absolute atomic E-state index is 0.0522. The molecule has 1 aromatic heterocycles. The molecule has 1 N–H and O–H groups in total. The van der Waals surface area contributed by atoms with E-state index in [1.165, 1.54) is 12.4 Å². The first-order valence-corrected chi connectivity index (χ1v) is 5.41. The van der Waals surface area contributed by atoms with Crippen LogP contribution in [0.4, 0.5) is 0 Å². The van der Waals surface area contributed by atoms with Crippen LogP contribution in [0.1, 0.15) is 0 Å². The van der Waals surface area contributed by atoms with Gasteiger partial charge in [-0.05, 0) is 24.3 Å². The highest BCUT2D eigenvalue weighted by Crippen LogP contribution is 2.21. The first kappa shape index (κ1) is 10.6. The summed E-state index contributed by atoms with van der Waals surface area (Å²) in [5.74, 6) is 2.22. The maximum Gasteiger partial charge on any atom is 0.176 e. The van der Waals surface area contributed by atoms with Gasteiger partial charge in [0.2, 0.25) is 0 Å². The van der Waals surface area contributed by atoms with Gasteiger partial charge in [0, 0.05) is 5.56 Å². The summed E-state index contributed by atoms with van der Waals surface area (Å²) in [6.07, 6.45) is 4.38. The Hall–Kier alpha value is -2.56. The molecule has 5 nitrogen and oxygen atoms in total. The van der Waals surface area contributed by atoms with E-state index in [9.17, 15) is 0 Å². The number of ether oxygens (including phenoxy) is 2. The van der Waals surface area contributed by atoms with Crippen molar-refractivity contribution >= 4 is 0 Å². The number of aromatic nitrogens is 2. The van der Waals surface area contributed by atoms with Gasteiger partial charge in [0.05, 0.1) is 12.4 Å². The molecule has 1 aliphatic rings. The SMILES string of the molecule is Oc1cnc(-c2ccc(OCC3=CO3)cc2)nc1. The summed E-state index contributed by atoms with van der Waals surface area (Å²) < 4.78 is 10.3. The topological polar surface area (TPSA) is 67.8 Å². The van der Waals surface area contributed by atoms with Crippen molar-refractivity contribution in [3.8, 4) is 22.9 Å². The van der Waals surface area contributed by atoms with Crippen LogP contribution in [0.5, 0.6) is 11.5 Å². The molecule has 5 heteroatoms. The van der Waals surface area contributed by atoms with Crippen LogP contribution in [0.25, 0.3) is 11.4 Å². The average molecular weight is 242 g/mol. The second-order valence-corrected chi connectivity index (χ2v) is 3.78. The predicted octanol–water partition coefficient (Wildman–Crippen LogP) is 2.10. The molecule has 1 aromatic carbocycles. The third-order valence-electron chi connectivity index (χ3n) is 2.42. The summed E-state index contributed by atoms with van der Waals surface area (Å²) in [5, 5.41) is 9.11. The molecule has 2 heterocycles. The average Bonchev–Trinajstić information content (AvgIpc) is 3.22. The third-order valence-corrected chi connectivity index (χ3v) is 2.42. The number of hydrogen-bond acceptors (Lipinski definition) is 5. The van der Waals surface area contributed by atoms with Gasteiger partial charge in [0.25, 0.3) is 0 Å². The van der Waals surface area contributed by atoms with Gasteiger partial charge in [-0.25, -0.2) is 9.97 Å². The molecule has 0 saturated carbocycles. The van der Waals surface area contributed by atoms with Crippen molar-refractivity contribution < 1.29 is 14.6 Å². The van der Waals surface area contributed by atoms with E-state index in [0.717, 1.165) is 17.1 Å². The van der Waals surface area contributed by atoms with Crippen molar-refractivity contribution in [2.75, 3.05) is 6.61 Å². The fourth-order valence-corrected chi connectivity index (χ4v) is 1.43. The Morgan fingerprint density at radius 1 is 1.11 bits per heavy atom. The van der Waals surface area contributed by atoms with Crippen LogP contribution < -0.4 is 4.74 Å². The molecule has 90 valence electrons. The fourth-order valence-electron chi connectivity index (χ4n) is 1.43. The molecule has 3 rings (SSSR count). The predicted molar refractivity (Wildman–Crippen MR) is 63.8 cm³/mol. The van der Waals surface area contributed by atoms with Crippen molar-refractivity contribution in [1.82, 2.24) is 9.97 Å². The molecule has 0 aliphatic carbocycles. The molecule has 18 heavy (non-hydrogen) atoms. The third kappa shape index (κ3) is 2.40. The molecule has 0 radical (unpaired) electrons. The van der Waals surface area contributed by atoms with Crippen molar-refractivity contribution in [3.05, 3.63) is 48.7 Å². The van der Waals surface area contributed by atoms with Gasteiger partial charge in [-0.15, -0.1) is 0 Å². The van der Waals surface area contributed by atoms with E-state index in [1.54, 1.807) is 6.26 Å². The standard InChI is InChI=1S/C13H10N2O3/c16-10-5-14-13(15-6-10)9-1-3-11(4-2-9)17-7-12-8-18-12/h1-6,8,16H,7H2. The second kappa shape index (κ2) is 4.37. The Balaban J connectivity index is 1.73. The van der Waals surface area contributed by atoms with E-state index in [-0.39, 0.29) is 5.75 Å². The highest BCUT2D eigenvalue weighted by atomic mass is 16.6. The number of aromatic hydroxyl groups is 1. The van der Waals surface area contributed by atoms with Gasteiger partial charge in [-0.2, -0.15) is 0 Å². The summed E-state index contributed by atoms with van der Waals surface area (Å²) in [4.78, 5) is 8.06. The molecule has 2 aromatic rings. The monoisotopic (exact) mass is 242 g/mol. The lowest BCUT2D eigenvalue weighted by Crippen LogP contribution is -1.95. The second-order valence-electron chi connectivity index (χ2n) is 3.78. The molecular formula is C13H10N2O3. The highest BCUT2D eigenvalue weighted by Gasteiger charge is 2.10. The molecular weight excluding hydrogens is 232 g/mol. The summed E-state index contributed by atoms with van der Waals surface area (Å²) in [6.45, 7) is 0.453. The summed E-state index contributed by atoms with van der Waals surface area (Å²) >= 11 is 0. The zero-order valence-electron chi connectivity index (χ0n) is 9.41. The molecule has 0 bridgehead atoms. The Bertz CT molecular complexity index is 576. The first-order valence-electron chi connectivity index (χ1n) is 5.41. The minimum Gasteiger partial charge on any atom is -0.505 e. The maximum absolute atomic E-state index is 9.11. The Labute approximate surface area is 103 Å². The summed E-state index contributed by atoms with van der Waals surface area (Å²) in [6, 6.07) is 7.41. The van der Waals surface area contributed by atoms with E-state index in [2.05, 4.69) is 9.97 Å². The van der Waals surface area contributed by atoms with Crippen molar-refractivity contribution in [3.63, 3.8) is 0 Å². The molecule has 0 saturated heterocycles. The van der Waals surface area contributed by atoms with Crippen LogP contribution in [0.15, 0.2) is 48.7 Å². The van der Waals surface area contributed by atoms with Crippen LogP contribution >= 0.6 is 0 Å². The molecule has 0 amide bonds. The number of rotatable bonds is 4. The lowest BCUT2D eigenvalue weighted by molar-refractivity contribution is 0.316. The lowest BCUT2D eigenvalue weighted by Gasteiger charge is -2.04. The normalized spacial score (nSPS) is 12.6. The molecule has 0 atom stereocenters. The van der Waals surface area contributed by atoms with Gasteiger partial charge >= 0.3 is 0 Å². The first-order chi connectivity index (χ1) is 8.81. The van der Waals surface area contributed by atoms with Crippen molar-refractivity contribution in [2.45, 2.75) is 0 Å². The Kier molecular flexibility index (Phi) is 2.57. The van der Waals surface area contributed by atoms with Crippen LogP contribution in [0, 0.1) is 0 Å². The summed E-state index contributed by atoms with van der Waals surface area (Å²) in [5.41, 5.74) is 0.865. The van der Waals surface area contributed by atoms with E-state index in [4.69, 9.17) is 14.6 Å². The largest absolute Gasteiger partial charge is 0.505 e. The molecule has 0 fully saturated rings. The van der Waals surface area contributed by atoms with Crippen LogP contribution in [-0.2, 0) is 4.74 Å². The molecule has 1 aliphatic heterocycles. The molecule has 0 spiro atoms. The van der Waals surface area contributed by atoms with Crippen molar-refractivity contribution in [2.24, 2.45) is 0 Å².